The lowest BCUT2D eigenvalue weighted by molar-refractivity contribution is -0.384. The fourth-order valence-corrected chi connectivity index (χ4v) is 2.86. The van der Waals surface area contributed by atoms with Gasteiger partial charge in [-0.2, -0.15) is 0 Å². The van der Waals surface area contributed by atoms with Gasteiger partial charge in [0, 0.05) is 29.3 Å². The molecule has 2 aromatic heterocycles. The smallest absolute Gasteiger partial charge is 0.269 e. The van der Waals surface area contributed by atoms with Crippen molar-refractivity contribution in [2.45, 2.75) is 0 Å². The van der Waals surface area contributed by atoms with Crippen LogP contribution in [0.15, 0.2) is 48.0 Å². The van der Waals surface area contributed by atoms with Crippen molar-refractivity contribution in [1.29, 1.82) is 0 Å². The molecule has 0 bridgehead atoms. The Morgan fingerprint density at radius 3 is 2.67 bits per heavy atom. The second kappa shape index (κ2) is 6.73. The number of anilines is 1. The van der Waals surface area contributed by atoms with Gasteiger partial charge in [0.1, 0.15) is 5.15 Å². The number of carbonyl (C=O) groups is 1. The third-order valence-corrected chi connectivity index (χ3v) is 4.16. The standard InChI is InChI=1S/C15H9ClN4O3S/c16-13-11(2-1-7-17-13)14(21)19-15-18-12(8-24-15)9-3-5-10(6-4-9)20(22)23/h1-8H,(H,18,19,21). The van der Waals surface area contributed by atoms with Crippen LogP contribution < -0.4 is 5.32 Å². The maximum absolute atomic E-state index is 12.2. The van der Waals surface area contributed by atoms with Crippen molar-refractivity contribution in [3.05, 3.63) is 68.8 Å². The molecule has 24 heavy (non-hydrogen) atoms. The molecular formula is C15H9ClN4O3S. The zero-order valence-electron chi connectivity index (χ0n) is 12.0. The predicted octanol–water partition coefficient (Wildman–Crippen LogP) is 4.02. The molecule has 3 rings (SSSR count). The lowest BCUT2D eigenvalue weighted by Crippen LogP contribution is -2.12. The van der Waals surface area contributed by atoms with E-state index >= 15 is 0 Å². The number of hydrogen-bond acceptors (Lipinski definition) is 6. The van der Waals surface area contributed by atoms with E-state index in [4.69, 9.17) is 11.6 Å². The van der Waals surface area contributed by atoms with Crippen molar-refractivity contribution in [1.82, 2.24) is 9.97 Å². The van der Waals surface area contributed by atoms with Gasteiger partial charge in [-0.1, -0.05) is 11.6 Å². The Labute approximate surface area is 145 Å². The summed E-state index contributed by atoms with van der Waals surface area (Å²) in [6.45, 7) is 0. The van der Waals surface area contributed by atoms with E-state index in [0.717, 1.165) is 5.56 Å². The van der Waals surface area contributed by atoms with E-state index in [1.54, 1.807) is 29.6 Å². The van der Waals surface area contributed by atoms with Gasteiger partial charge in [0.05, 0.1) is 16.2 Å². The highest BCUT2D eigenvalue weighted by Crippen LogP contribution is 2.27. The zero-order chi connectivity index (χ0) is 17.1. The summed E-state index contributed by atoms with van der Waals surface area (Å²) in [6, 6.07) is 9.21. The highest BCUT2D eigenvalue weighted by molar-refractivity contribution is 7.14. The van der Waals surface area contributed by atoms with Crippen LogP contribution in [0.5, 0.6) is 0 Å². The molecule has 1 N–H and O–H groups in total. The van der Waals surface area contributed by atoms with Gasteiger partial charge in [-0.3, -0.25) is 20.2 Å². The van der Waals surface area contributed by atoms with Gasteiger partial charge in [-0.25, -0.2) is 9.97 Å². The summed E-state index contributed by atoms with van der Waals surface area (Å²) in [6.07, 6.45) is 1.50. The van der Waals surface area contributed by atoms with Crippen LogP contribution in [0.4, 0.5) is 10.8 Å². The maximum atomic E-state index is 12.2. The van der Waals surface area contributed by atoms with Crippen molar-refractivity contribution in [3.63, 3.8) is 0 Å². The predicted molar refractivity (Wildman–Crippen MR) is 91.4 cm³/mol. The lowest BCUT2D eigenvalue weighted by Gasteiger charge is -2.02. The summed E-state index contributed by atoms with van der Waals surface area (Å²) in [5.74, 6) is -0.405. The molecule has 120 valence electrons. The largest absolute Gasteiger partial charge is 0.298 e. The molecule has 0 unspecified atom stereocenters. The fraction of sp³-hybridized carbons (Fsp3) is 0. The van der Waals surface area contributed by atoms with Gasteiger partial charge in [0.15, 0.2) is 5.13 Å². The van der Waals surface area contributed by atoms with Crippen molar-refractivity contribution in [2.75, 3.05) is 5.32 Å². The summed E-state index contributed by atoms with van der Waals surface area (Å²) in [4.78, 5) is 30.5. The number of pyridine rings is 1. The molecule has 0 saturated carbocycles. The van der Waals surface area contributed by atoms with Crippen molar-refractivity contribution >= 4 is 39.7 Å². The number of carbonyl (C=O) groups excluding carboxylic acids is 1. The fourth-order valence-electron chi connectivity index (χ4n) is 1.94. The minimum atomic E-state index is -0.464. The van der Waals surface area contributed by atoms with E-state index in [1.165, 1.54) is 29.7 Å². The van der Waals surface area contributed by atoms with Crippen LogP contribution in [0.2, 0.25) is 5.15 Å². The Morgan fingerprint density at radius 1 is 1.25 bits per heavy atom. The van der Waals surface area contributed by atoms with Crippen LogP contribution >= 0.6 is 22.9 Å². The first-order valence-electron chi connectivity index (χ1n) is 6.67. The summed E-state index contributed by atoms with van der Waals surface area (Å²) in [5, 5.41) is 15.6. The van der Waals surface area contributed by atoms with E-state index in [9.17, 15) is 14.9 Å². The molecule has 0 atom stereocenters. The van der Waals surface area contributed by atoms with E-state index in [-0.39, 0.29) is 16.4 Å². The number of amides is 1. The number of benzene rings is 1. The van der Waals surface area contributed by atoms with E-state index in [2.05, 4.69) is 15.3 Å². The first-order chi connectivity index (χ1) is 11.5. The van der Waals surface area contributed by atoms with Crippen LogP contribution in [-0.2, 0) is 0 Å². The van der Waals surface area contributed by atoms with E-state index in [1.807, 2.05) is 0 Å². The number of nitro benzene ring substituents is 1. The Balaban J connectivity index is 1.77. The highest BCUT2D eigenvalue weighted by atomic mass is 35.5. The first-order valence-corrected chi connectivity index (χ1v) is 7.92. The molecule has 0 spiro atoms. The Bertz CT molecular complexity index is 911. The second-order valence-corrected chi connectivity index (χ2v) is 5.85. The van der Waals surface area contributed by atoms with Crippen molar-refractivity contribution in [3.8, 4) is 11.3 Å². The molecule has 1 amide bonds. The SMILES string of the molecule is O=C(Nc1nc(-c2ccc([N+](=O)[O-])cc2)cs1)c1cccnc1Cl. The number of hydrogen-bond donors (Lipinski definition) is 1. The van der Waals surface area contributed by atoms with Gasteiger partial charge >= 0.3 is 0 Å². The third-order valence-electron chi connectivity index (χ3n) is 3.10. The molecule has 7 nitrogen and oxygen atoms in total. The van der Waals surface area contributed by atoms with Gasteiger partial charge in [-0.15, -0.1) is 11.3 Å². The molecule has 0 fully saturated rings. The molecule has 9 heteroatoms. The Hall–Kier alpha value is -2.84. The van der Waals surface area contributed by atoms with Crippen LogP contribution in [0.25, 0.3) is 11.3 Å². The lowest BCUT2D eigenvalue weighted by atomic mass is 10.1. The Kier molecular flexibility index (Phi) is 4.50. The normalized spacial score (nSPS) is 10.4. The number of halogens is 1. The number of nitrogens with zero attached hydrogens (tertiary/aromatic N) is 3. The molecular weight excluding hydrogens is 352 g/mol. The quantitative estimate of drug-likeness (QED) is 0.430. The average Bonchev–Trinajstić information content (AvgIpc) is 3.03. The van der Waals surface area contributed by atoms with E-state index in [0.29, 0.717) is 10.8 Å². The molecule has 3 aromatic rings. The second-order valence-electron chi connectivity index (χ2n) is 4.64. The molecule has 0 aliphatic heterocycles. The summed E-state index contributed by atoms with van der Waals surface area (Å²) >= 11 is 7.13. The van der Waals surface area contributed by atoms with Crippen LogP contribution in [0.3, 0.4) is 0 Å². The molecule has 0 aliphatic carbocycles. The summed E-state index contributed by atoms with van der Waals surface area (Å²) in [7, 11) is 0. The van der Waals surface area contributed by atoms with Gasteiger partial charge in [0.25, 0.3) is 11.6 Å². The molecule has 0 aliphatic rings. The number of nitro groups is 1. The van der Waals surface area contributed by atoms with Crippen LogP contribution in [0.1, 0.15) is 10.4 Å². The number of non-ortho nitro benzene ring substituents is 1. The summed E-state index contributed by atoms with van der Waals surface area (Å²) < 4.78 is 0. The van der Waals surface area contributed by atoms with Gasteiger partial charge in [0.2, 0.25) is 0 Å². The van der Waals surface area contributed by atoms with Crippen molar-refractivity contribution in [2.24, 2.45) is 0 Å². The molecule has 0 saturated heterocycles. The maximum Gasteiger partial charge on any atom is 0.269 e. The van der Waals surface area contributed by atoms with Crippen molar-refractivity contribution < 1.29 is 9.72 Å². The summed E-state index contributed by atoms with van der Waals surface area (Å²) in [5.41, 5.74) is 1.60. The van der Waals surface area contributed by atoms with Crippen LogP contribution in [0, 0.1) is 10.1 Å². The topological polar surface area (TPSA) is 98.0 Å². The van der Waals surface area contributed by atoms with Crippen LogP contribution in [-0.4, -0.2) is 20.8 Å². The molecule has 2 heterocycles. The Morgan fingerprint density at radius 2 is 2.00 bits per heavy atom. The minimum absolute atomic E-state index is 0.00808. The highest BCUT2D eigenvalue weighted by Gasteiger charge is 2.14. The monoisotopic (exact) mass is 360 g/mol. The van der Waals surface area contributed by atoms with Gasteiger partial charge < -0.3 is 0 Å². The number of nitrogens with one attached hydrogen (secondary N) is 1. The average molecular weight is 361 g/mol. The van der Waals surface area contributed by atoms with E-state index < -0.39 is 10.8 Å². The first kappa shape index (κ1) is 16.0. The number of rotatable bonds is 4. The molecule has 1 aromatic carbocycles. The molecule has 0 radical (unpaired) electrons. The van der Waals surface area contributed by atoms with Gasteiger partial charge in [-0.05, 0) is 24.3 Å². The third kappa shape index (κ3) is 3.39. The zero-order valence-corrected chi connectivity index (χ0v) is 13.5. The minimum Gasteiger partial charge on any atom is -0.298 e. The number of aromatic nitrogens is 2. The number of thiazole rings is 1.